The number of aliphatic hydroxyl groups is 1. The standard InChI is InChI=1S/C31H25BrN2O6S/c1-17-7-4-5-8-21(17)16-40-23-13-11-19(12-14-23)26(35)24-25(20-9-6-10-22(32)15-20)34(29(37)27(24)36)31-33-18(2)28(41-31)30(38)39-3/h4-15,25,35H,16H2,1-3H3/b26-24+. The van der Waals surface area contributed by atoms with Gasteiger partial charge >= 0.3 is 11.9 Å². The SMILES string of the molecule is COC(=O)c1sc(N2C(=O)C(=O)/C(=C(/O)c3ccc(OCc4ccccc4C)cc3)C2c2cccc(Br)c2)nc1C. The molecule has 1 unspecified atom stereocenters. The molecule has 41 heavy (non-hydrogen) atoms. The summed E-state index contributed by atoms with van der Waals surface area (Å²) < 4.78 is 11.5. The number of amides is 1. The molecule has 3 aromatic carbocycles. The van der Waals surface area contributed by atoms with E-state index in [0.717, 1.165) is 26.9 Å². The number of carbonyl (C=O) groups is 3. The number of thiazole rings is 1. The third-order valence-corrected chi connectivity index (χ3v) is 8.38. The molecular formula is C31H25BrN2O6S. The van der Waals surface area contributed by atoms with E-state index in [1.165, 1.54) is 12.0 Å². The Labute approximate surface area is 249 Å². The number of esters is 1. The normalized spacial score (nSPS) is 16.2. The van der Waals surface area contributed by atoms with Gasteiger partial charge in [-0.25, -0.2) is 9.78 Å². The van der Waals surface area contributed by atoms with Gasteiger partial charge in [-0.1, -0.05) is 63.7 Å². The van der Waals surface area contributed by atoms with E-state index < -0.39 is 23.7 Å². The molecule has 1 amide bonds. The van der Waals surface area contributed by atoms with Crippen molar-refractivity contribution in [3.05, 3.63) is 116 Å². The van der Waals surface area contributed by atoms with E-state index in [0.29, 0.717) is 29.2 Å². The number of benzene rings is 3. The van der Waals surface area contributed by atoms with Crippen LogP contribution in [0.15, 0.2) is 82.8 Å². The van der Waals surface area contributed by atoms with Gasteiger partial charge in [0.2, 0.25) is 0 Å². The van der Waals surface area contributed by atoms with E-state index in [1.807, 2.05) is 37.3 Å². The Morgan fingerprint density at radius 2 is 1.78 bits per heavy atom. The third-order valence-electron chi connectivity index (χ3n) is 6.75. The van der Waals surface area contributed by atoms with E-state index in [4.69, 9.17) is 9.47 Å². The van der Waals surface area contributed by atoms with Gasteiger partial charge in [-0.15, -0.1) is 0 Å². The molecule has 208 valence electrons. The molecule has 10 heteroatoms. The molecule has 1 aromatic heterocycles. The maximum atomic E-state index is 13.5. The van der Waals surface area contributed by atoms with Crippen LogP contribution in [0.5, 0.6) is 5.75 Å². The number of rotatable bonds is 7. The quantitative estimate of drug-likeness (QED) is 0.107. The van der Waals surface area contributed by atoms with Crippen molar-refractivity contribution in [2.24, 2.45) is 0 Å². The Bertz CT molecular complexity index is 1690. The minimum Gasteiger partial charge on any atom is -0.507 e. The van der Waals surface area contributed by atoms with Gasteiger partial charge in [0.25, 0.3) is 5.78 Å². The maximum Gasteiger partial charge on any atom is 0.350 e. The van der Waals surface area contributed by atoms with Gasteiger partial charge in [0.1, 0.15) is 23.0 Å². The number of ketones is 1. The molecule has 1 saturated heterocycles. The second kappa shape index (κ2) is 11.7. The zero-order valence-corrected chi connectivity index (χ0v) is 24.8. The van der Waals surface area contributed by atoms with Crippen LogP contribution in [-0.2, 0) is 20.9 Å². The molecular weight excluding hydrogens is 608 g/mol. The lowest BCUT2D eigenvalue weighted by atomic mass is 9.95. The molecule has 0 bridgehead atoms. The minimum absolute atomic E-state index is 0.0888. The second-order valence-electron chi connectivity index (χ2n) is 9.37. The van der Waals surface area contributed by atoms with E-state index >= 15 is 0 Å². The number of halogens is 1. The summed E-state index contributed by atoms with van der Waals surface area (Å²) in [5.74, 6) is -2.06. The van der Waals surface area contributed by atoms with Gasteiger partial charge in [0.05, 0.1) is 24.4 Å². The van der Waals surface area contributed by atoms with E-state index in [1.54, 1.807) is 49.4 Å². The summed E-state index contributed by atoms with van der Waals surface area (Å²) in [4.78, 5) is 45.0. The van der Waals surface area contributed by atoms with Crippen molar-refractivity contribution in [2.45, 2.75) is 26.5 Å². The van der Waals surface area contributed by atoms with Crippen molar-refractivity contribution in [3.8, 4) is 5.75 Å². The summed E-state index contributed by atoms with van der Waals surface area (Å²) in [7, 11) is 1.26. The van der Waals surface area contributed by atoms with Crippen LogP contribution < -0.4 is 9.64 Å². The Morgan fingerprint density at radius 3 is 2.46 bits per heavy atom. The lowest BCUT2D eigenvalue weighted by Crippen LogP contribution is -2.29. The second-order valence-corrected chi connectivity index (χ2v) is 11.3. The Morgan fingerprint density at radius 1 is 1.05 bits per heavy atom. The van der Waals surface area contributed by atoms with Crippen molar-refractivity contribution in [1.29, 1.82) is 0 Å². The number of aryl methyl sites for hydroxylation is 2. The number of hydrogen-bond donors (Lipinski definition) is 1. The van der Waals surface area contributed by atoms with Gasteiger partial charge < -0.3 is 14.6 Å². The van der Waals surface area contributed by atoms with Crippen LogP contribution in [0.2, 0.25) is 0 Å². The Hall–Kier alpha value is -4.28. The van der Waals surface area contributed by atoms with Crippen LogP contribution in [0.4, 0.5) is 5.13 Å². The van der Waals surface area contributed by atoms with Gasteiger partial charge in [0.15, 0.2) is 5.13 Å². The molecule has 4 aromatic rings. The molecule has 1 aliphatic heterocycles. The van der Waals surface area contributed by atoms with Crippen LogP contribution in [0.25, 0.3) is 5.76 Å². The van der Waals surface area contributed by atoms with Crippen molar-refractivity contribution >= 4 is 55.8 Å². The van der Waals surface area contributed by atoms with Crippen LogP contribution in [0.3, 0.4) is 0 Å². The van der Waals surface area contributed by atoms with Crippen molar-refractivity contribution < 1.29 is 29.0 Å². The molecule has 1 N–H and O–H groups in total. The largest absolute Gasteiger partial charge is 0.507 e. The lowest BCUT2D eigenvalue weighted by molar-refractivity contribution is -0.132. The highest BCUT2D eigenvalue weighted by molar-refractivity contribution is 9.10. The molecule has 1 aliphatic rings. The van der Waals surface area contributed by atoms with Crippen molar-refractivity contribution in [1.82, 2.24) is 4.98 Å². The average molecular weight is 634 g/mol. The highest BCUT2D eigenvalue weighted by Gasteiger charge is 2.48. The maximum absolute atomic E-state index is 13.5. The van der Waals surface area contributed by atoms with E-state index in [-0.39, 0.29) is 21.3 Å². The van der Waals surface area contributed by atoms with E-state index in [2.05, 4.69) is 20.9 Å². The van der Waals surface area contributed by atoms with E-state index in [9.17, 15) is 19.5 Å². The fraction of sp³-hybridized carbons (Fsp3) is 0.161. The monoisotopic (exact) mass is 632 g/mol. The summed E-state index contributed by atoms with van der Waals surface area (Å²) in [5.41, 5.74) is 3.37. The van der Waals surface area contributed by atoms with Crippen LogP contribution in [-0.4, -0.2) is 34.9 Å². The van der Waals surface area contributed by atoms with Crippen molar-refractivity contribution in [2.75, 3.05) is 12.0 Å². The van der Waals surface area contributed by atoms with Crippen LogP contribution in [0.1, 0.15) is 43.7 Å². The zero-order chi connectivity index (χ0) is 29.3. The molecule has 5 rings (SSSR count). The Balaban J connectivity index is 1.54. The zero-order valence-electron chi connectivity index (χ0n) is 22.4. The third kappa shape index (κ3) is 5.53. The molecule has 1 atom stereocenters. The predicted octanol–water partition coefficient (Wildman–Crippen LogP) is 6.51. The average Bonchev–Trinajstić information content (AvgIpc) is 3.48. The summed E-state index contributed by atoms with van der Waals surface area (Å²) in [6.45, 7) is 4.02. The van der Waals surface area contributed by atoms with Gasteiger partial charge in [0, 0.05) is 10.0 Å². The highest BCUT2D eigenvalue weighted by Crippen LogP contribution is 2.44. The number of methoxy groups -OCH3 is 1. The topological polar surface area (TPSA) is 106 Å². The number of aromatic nitrogens is 1. The first-order chi connectivity index (χ1) is 19.7. The molecule has 0 radical (unpaired) electrons. The highest BCUT2D eigenvalue weighted by atomic mass is 79.9. The summed E-state index contributed by atoms with van der Waals surface area (Å²) in [6, 6.07) is 20.7. The molecule has 8 nitrogen and oxygen atoms in total. The predicted molar refractivity (Wildman–Crippen MR) is 159 cm³/mol. The molecule has 1 fully saturated rings. The van der Waals surface area contributed by atoms with Gasteiger partial charge in [-0.3, -0.25) is 14.5 Å². The fourth-order valence-corrected chi connectivity index (χ4v) is 6.02. The molecule has 0 aliphatic carbocycles. The summed E-state index contributed by atoms with van der Waals surface area (Å²) in [5, 5.41) is 11.6. The molecule has 2 heterocycles. The number of anilines is 1. The molecule has 0 saturated carbocycles. The van der Waals surface area contributed by atoms with Crippen LogP contribution >= 0.6 is 27.3 Å². The first kappa shape index (κ1) is 28.3. The summed E-state index contributed by atoms with van der Waals surface area (Å²) >= 11 is 4.40. The number of ether oxygens (including phenoxy) is 2. The van der Waals surface area contributed by atoms with Gasteiger partial charge in [-0.05, 0) is 66.9 Å². The van der Waals surface area contributed by atoms with Crippen molar-refractivity contribution in [3.63, 3.8) is 0 Å². The number of nitrogens with zero attached hydrogens (tertiary/aromatic N) is 2. The van der Waals surface area contributed by atoms with Gasteiger partial charge in [-0.2, -0.15) is 0 Å². The fourth-order valence-electron chi connectivity index (χ4n) is 4.59. The molecule has 0 spiro atoms. The number of aliphatic hydroxyl groups excluding tert-OH is 1. The Kier molecular flexibility index (Phi) is 8.05. The minimum atomic E-state index is -0.986. The first-order valence-electron chi connectivity index (χ1n) is 12.6. The number of Topliss-reactive ketones (excluding diaryl/α,β-unsaturated/α-hetero) is 1. The van der Waals surface area contributed by atoms with Crippen LogP contribution in [0, 0.1) is 13.8 Å². The summed E-state index contributed by atoms with van der Waals surface area (Å²) in [6.07, 6.45) is 0. The number of hydrogen-bond acceptors (Lipinski definition) is 8. The smallest absolute Gasteiger partial charge is 0.350 e. The lowest BCUT2D eigenvalue weighted by Gasteiger charge is -2.23. The first-order valence-corrected chi connectivity index (χ1v) is 14.2. The number of carbonyl (C=O) groups excluding carboxylic acids is 3.